The van der Waals surface area contributed by atoms with Gasteiger partial charge in [0.25, 0.3) is 0 Å². The van der Waals surface area contributed by atoms with E-state index in [1.807, 2.05) is 0 Å². The van der Waals surface area contributed by atoms with Crippen molar-refractivity contribution in [1.29, 1.82) is 0 Å². The molecule has 3 N–H and O–H groups in total. The summed E-state index contributed by atoms with van der Waals surface area (Å²) in [6, 6.07) is 4.45. The van der Waals surface area contributed by atoms with Crippen molar-refractivity contribution in [3.63, 3.8) is 0 Å². The molecule has 0 bridgehead atoms. The number of halogens is 1. The van der Waals surface area contributed by atoms with Crippen molar-refractivity contribution in [2.75, 3.05) is 0 Å². The molecule has 116 valence electrons. The molecule has 0 spiro atoms. The first-order chi connectivity index (χ1) is 10.0. The van der Waals surface area contributed by atoms with Crippen LogP contribution in [0.25, 0.3) is 0 Å². The lowest BCUT2D eigenvalue weighted by Gasteiger charge is -2.04. The van der Waals surface area contributed by atoms with Crippen LogP contribution in [0.1, 0.15) is 55.3 Å². The molecule has 0 amide bonds. The van der Waals surface area contributed by atoms with Gasteiger partial charge in [-0.05, 0) is 31.0 Å². The standard InChI is InChI=1S/C15H20ClNO4/c16-11-8-9-14(19)12(10-11)13(18)6-4-2-1-3-5-7-15(20)21-17/h8-10,19H,1-7,17H2. The van der Waals surface area contributed by atoms with E-state index >= 15 is 0 Å². The zero-order valence-corrected chi connectivity index (χ0v) is 12.6. The van der Waals surface area contributed by atoms with Crippen molar-refractivity contribution < 1.29 is 19.5 Å². The number of nitrogens with two attached hydrogens (primary N) is 1. The first-order valence-electron chi connectivity index (χ1n) is 6.96. The molecule has 1 aromatic carbocycles. The van der Waals surface area contributed by atoms with Gasteiger partial charge in [-0.2, -0.15) is 5.90 Å². The third-order valence-electron chi connectivity index (χ3n) is 3.18. The second-order valence-electron chi connectivity index (χ2n) is 4.84. The molecule has 1 rings (SSSR count). The molecule has 0 radical (unpaired) electrons. The van der Waals surface area contributed by atoms with Gasteiger partial charge in [-0.15, -0.1) is 0 Å². The van der Waals surface area contributed by atoms with Crippen molar-refractivity contribution in [3.05, 3.63) is 28.8 Å². The number of benzene rings is 1. The molecule has 0 aliphatic heterocycles. The quantitative estimate of drug-likeness (QED) is 0.414. The summed E-state index contributed by atoms with van der Waals surface area (Å²) in [5.41, 5.74) is 0.271. The average Bonchev–Trinajstić information content (AvgIpc) is 2.48. The van der Waals surface area contributed by atoms with Crippen molar-refractivity contribution in [2.45, 2.75) is 44.9 Å². The van der Waals surface area contributed by atoms with E-state index < -0.39 is 5.97 Å². The number of phenols is 1. The number of hydrogen-bond acceptors (Lipinski definition) is 5. The van der Waals surface area contributed by atoms with E-state index in [1.54, 1.807) is 6.07 Å². The van der Waals surface area contributed by atoms with Crippen molar-refractivity contribution in [1.82, 2.24) is 0 Å². The topological polar surface area (TPSA) is 89.6 Å². The van der Waals surface area contributed by atoms with Crippen molar-refractivity contribution in [3.8, 4) is 5.75 Å². The third-order valence-corrected chi connectivity index (χ3v) is 3.41. The molecule has 0 aliphatic rings. The molecule has 1 aromatic rings. The Kier molecular flexibility index (Phi) is 7.79. The Morgan fingerprint density at radius 1 is 1.10 bits per heavy atom. The molecule has 0 saturated heterocycles. The summed E-state index contributed by atoms with van der Waals surface area (Å²) in [5.74, 6) is 4.18. The minimum atomic E-state index is -0.401. The van der Waals surface area contributed by atoms with Crippen LogP contribution in [-0.4, -0.2) is 16.9 Å². The summed E-state index contributed by atoms with van der Waals surface area (Å²) in [5, 5.41) is 10.1. The van der Waals surface area contributed by atoms with Crippen LogP contribution in [0.15, 0.2) is 18.2 Å². The lowest BCUT2D eigenvalue weighted by molar-refractivity contribution is -0.144. The van der Waals surface area contributed by atoms with E-state index in [-0.39, 0.29) is 17.1 Å². The van der Waals surface area contributed by atoms with Gasteiger partial charge < -0.3 is 9.94 Å². The highest BCUT2D eigenvalue weighted by molar-refractivity contribution is 6.31. The van der Waals surface area contributed by atoms with Crippen LogP contribution in [0.3, 0.4) is 0 Å². The number of rotatable bonds is 9. The summed E-state index contributed by atoms with van der Waals surface area (Å²) in [7, 11) is 0. The van der Waals surface area contributed by atoms with Gasteiger partial charge in [0.1, 0.15) is 5.75 Å². The largest absolute Gasteiger partial charge is 0.507 e. The predicted octanol–water partition coefficient (Wildman–Crippen LogP) is 3.38. The normalized spacial score (nSPS) is 10.4. The molecule has 0 fully saturated rings. The molecule has 0 aromatic heterocycles. The maximum atomic E-state index is 11.9. The third kappa shape index (κ3) is 6.60. The number of phenolic OH excluding ortho intramolecular Hbond substituents is 1. The molecule has 0 heterocycles. The summed E-state index contributed by atoms with van der Waals surface area (Å²) < 4.78 is 0. The fourth-order valence-corrected chi connectivity index (χ4v) is 2.18. The minimum Gasteiger partial charge on any atom is -0.507 e. The summed E-state index contributed by atoms with van der Waals surface area (Å²) in [6.45, 7) is 0. The van der Waals surface area contributed by atoms with Crippen LogP contribution in [0.2, 0.25) is 5.02 Å². The Morgan fingerprint density at radius 2 is 1.71 bits per heavy atom. The Morgan fingerprint density at radius 3 is 2.38 bits per heavy atom. The lowest BCUT2D eigenvalue weighted by atomic mass is 10.0. The van der Waals surface area contributed by atoms with Gasteiger partial charge in [0.05, 0.1) is 5.56 Å². The average molecular weight is 314 g/mol. The fraction of sp³-hybridized carbons (Fsp3) is 0.467. The highest BCUT2D eigenvalue weighted by atomic mass is 35.5. The van der Waals surface area contributed by atoms with Crippen LogP contribution in [-0.2, 0) is 9.63 Å². The van der Waals surface area contributed by atoms with E-state index in [0.717, 1.165) is 32.1 Å². The first kappa shape index (κ1) is 17.5. The highest BCUT2D eigenvalue weighted by Gasteiger charge is 2.11. The maximum absolute atomic E-state index is 11.9. The first-order valence-corrected chi connectivity index (χ1v) is 7.33. The van der Waals surface area contributed by atoms with Crippen molar-refractivity contribution in [2.24, 2.45) is 5.90 Å². The van der Waals surface area contributed by atoms with E-state index in [9.17, 15) is 14.7 Å². The number of ketones is 1. The Labute approximate surface area is 129 Å². The zero-order chi connectivity index (χ0) is 15.7. The van der Waals surface area contributed by atoms with Crippen LogP contribution in [0, 0.1) is 0 Å². The molecular formula is C15H20ClNO4. The minimum absolute atomic E-state index is 0.0373. The maximum Gasteiger partial charge on any atom is 0.324 e. The van der Waals surface area contributed by atoms with E-state index in [4.69, 9.17) is 17.5 Å². The molecule has 21 heavy (non-hydrogen) atoms. The molecular weight excluding hydrogens is 294 g/mol. The Bertz CT molecular complexity index is 491. The Hall–Kier alpha value is -1.59. The van der Waals surface area contributed by atoms with Gasteiger partial charge >= 0.3 is 5.97 Å². The molecule has 0 atom stereocenters. The molecule has 5 nitrogen and oxygen atoms in total. The van der Waals surface area contributed by atoms with Gasteiger partial charge in [0.15, 0.2) is 5.78 Å². The summed E-state index contributed by atoms with van der Waals surface area (Å²) >= 11 is 5.81. The molecule has 0 aliphatic carbocycles. The smallest absolute Gasteiger partial charge is 0.324 e. The van der Waals surface area contributed by atoms with Gasteiger partial charge in [-0.1, -0.05) is 30.9 Å². The number of Topliss-reactive ketones (excluding diaryl/α,β-unsaturated/α-hetero) is 1. The summed E-state index contributed by atoms with van der Waals surface area (Å²) in [4.78, 5) is 26.8. The molecule has 0 unspecified atom stereocenters. The number of carbonyl (C=O) groups excluding carboxylic acids is 2. The van der Waals surface area contributed by atoms with Gasteiger partial charge in [0, 0.05) is 17.9 Å². The summed E-state index contributed by atoms with van der Waals surface area (Å²) in [6.07, 6.45) is 4.90. The monoisotopic (exact) mass is 313 g/mol. The second kappa shape index (κ2) is 9.37. The van der Waals surface area contributed by atoms with Gasteiger partial charge in [-0.3, -0.25) is 9.59 Å². The predicted molar refractivity (Wildman–Crippen MR) is 80.0 cm³/mol. The number of unbranched alkanes of at least 4 members (excludes halogenated alkanes) is 4. The molecule has 6 heteroatoms. The Balaban J connectivity index is 2.19. The second-order valence-corrected chi connectivity index (χ2v) is 5.28. The van der Waals surface area contributed by atoms with Crippen LogP contribution in [0.5, 0.6) is 5.75 Å². The zero-order valence-electron chi connectivity index (χ0n) is 11.8. The van der Waals surface area contributed by atoms with Gasteiger partial charge in [0.2, 0.25) is 0 Å². The van der Waals surface area contributed by atoms with E-state index in [1.165, 1.54) is 12.1 Å². The van der Waals surface area contributed by atoms with Crippen LogP contribution >= 0.6 is 11.6 Å². The number of hydrogen-bond donors (Lipinski definition) is 2. The van der Waals surface area contributed by atoms with Crippen LogP contribution < -0.4 is 5.90 Å². The molecule has 0 saturated carbocycles. The number of aromatic hydroxyl groups is 1. The highest BCUT2D eigenvalue weighted by Crippen LogP contribution is 2.23. The van der Waals surface area contributed by atoms with Gasteiger partial charge in [-0.25, -0.2) is 0 Å². The van der Waals surface area contributed by atoms with E-state index in [2.05, 4.69) is 4.84 Å². The fourth-order valence-electron chi connectivity index (χ4n) is 2.01. The lowest BCUT2D eigenvalue weighted by Crippen LogP contribution is -2.09. The van der Waals surface area contributed by atoms with Crippen LogP contribution in [0.4, 0.5) is 0 Å². The number of carbonyl (C=O) groups is 2. The van der Waals surface area contributed by atoms with E-state index in [0.29, 0.717) is 17.9 Å². The van der Waals surface area contributed by atoms with Crippen molar-refractivity contribution >= 4 is 23.4 Å². The SMILES string of the molecule is NOC(=O)CCCCCCCC(=O)c1cc(Cl)ccc1O.